The molecule has 3 rings (SSSR count). The normalized spacial score (nSPS) is 10.3. The summed E-state index contributed by atoms with van der Waals surface area (Å²) < 4.78 is 10.8. The van der Waals surface area contributed by atoms with Gasteiger partial charge in [-0.05, 0) is 35.9 Å². The van der Waals surface area contributed by atoms with Gasteiger partial charge in [0.1, 0.15) is 12.4 Å². The number of amides is 2. The van der Waals surface area contributed by atoms with Gasteiger partial charge in [0, 0.05) is 24.9 Å². The predicted octanol–water partition coefficient (Wildman–Crippen LogP) is 3.69. The molecule has 0 bridgehead atoms. The number of hydrogen-bond acceptors (Lipinski definition) is 5. The van der Waals surface area contributed by atoms with Crippen LogP contribution in [0.4, 0.5) is 11.4 Å². The predicted molar refractivity (Wildman–Crippen MR) is 125 cm³/mol. The first-order valence-corrected chi connectivity index (χ1v) is 10.3. The highest BCUT2D eigenvalue weighted by molar-refractivity contribution is 5.98. The van der Waals surface area contributed by atoms with Crippen molar-refractivity contribution in [1.29, 1.82) is 0 Å². The number of carbonyl (C=O) groups excluding carboxylic acids is 2. The van der Waals surface area contributed by atoms with Crippen molar-refractivity contribution in [1.82, 2.24) is 5.32 Å². The lowest BCUT2D eigenvalue weighted by atomic mass is 10.2. The van der Waals surface area contributed by atoms with Crippen LogP contribution in [-0.4, -0.2) is 38.6 Å². The van der Waals surface area contributed by atoms with E-state index in [1.165, 1.54) is 0 Å². The fourth-order valence-corrected chi connectivity index (χ4v) is 2.96. The summed E-state index contributed by atoms with van der Waals surface area (Å²) in [6.07, 6.45) is 0. The van der Waals surface area contributed by atoms with Crippen LogP contribution in [0.5, 0.6) is 5.75 Å². The largest absolute Gasteiger partial charge is 0.487 e. The summed E-state index contributed by atoms with van der Waals surface area (Å²) in [7, 11) is 1.57. The van der Waals surface area contributed by atoms with E-state index in [0.29, 0.717) is 36.8 Å². The van der Waals surface area contributed by atoms with Gasteiger partial charge in [-0.25, -0.2) is 0 Å². The minimum atomic E-state index is -0.236. The van der Waals surface area contributed by atoms with Crippen LogP contribution in [-0.2, 0) is 16.1 Å². The molecule has 3 aromatic carbocycles. The smallest absolute Gasteiger partial charge is 0.251 e. The van der Waals surface area contributed by atoms with Gasteiger partial charge in [-0.1, -0.05) is 48.5 Å². The van der Waals surface area contributed by atoms with Crippen LogP contribution in [0.3, 0.4) is 0 Å². The van der Waals surface area contributed by atoms with E-state index in [4.69, 9.17) is 9.47 Å². The number of nitrogens with one attached hydrogen (secondary N) is 3. The number of rotatable bonds is 11. The zero-order chi connectivity index (χ0) is 22.6. The van der Waals surface area contributed by atoms with Crippen molar-refractivity contribution in [3.63, 3.8) is 0 Å². The fourth-order valence-electron chi connectivity index (χ4n) is 2.96. The molecule has 0 aliphatic rings. The molecule has 0 aliphatic heterocycles. The van der Waals surface area contributed by atoms with Gasteiger partial charge in [-0.15, -0.1) is 0 Å². The Hall–Kier alpha value is -3.84. The van der Waals surface area contributed by atoms with E-state index in [1.807, 2.05) is 54.6 Å². The van der Waals surface area contributed by atoms with Crippen LogP contribution in [0.25, 0.3) is 0 Å². The number of para-hydroxylation sites is 2. The van der Waals surface area contributed by atoms with Crippen molar-refractivity contribution in [2.45, 2.75) is 6.61 Å². The zero-order valence-electron chi connectivity index (χ0n) is 18.0. The summed E-state index contributed by atoms with van der Waals surface area (Å²) in [4.78, 5) is 24.6. The average molecular weight is 434 g/mol. The third-order valence-corrected chi connectivity index (χ3v) is 4.56. The number of benzene rings is 3. The molecule has 3 aromatic rings. The second-order valence-corrected chi connectivity index (χ2v) is 7.00. The minimum absolute atomic E-state index is 0.0516. The minimum Gasteiger partial charge on any atom is -0.487 e. The molecule has 0 spiro atoms. The summed E-state index contributed by atoms with van der Waals surface area (Å²) >= 11 is 0. The summed E-state index contributed by atoms with van der Waals surface area (Å²) in [6.45, 7) is 1.34. The van der Waals surface area contributed by atoms with E-state index in [9.17, 15) is 9.59 Å². The third kappa shape index (κ3) is 7.14. The molecule has 7 nitrogen and oxygen atoms in total. The second kappa shape index (κ2) is 12.1. The van der Waals surface area contributed by atoms with Crippen molar-refractivity contribution in [3.05, 3.63) is 90.0 Å². The molecule has 0 fully saturated rings. The van der Waals surface area contributed by atoms with Crippen LogP contribution in [0.15, 0.2) is 78.9 Å². The maximum atomic E-state index is 12.4. The van der Waals surface area contributed by atoms with Crippen LogP contribution in [0, 0.1) is 0 Å². The fraction of sp³-hybridized carbons (Fsp3) is 0.200. The molecule has 0 heterocycles. The maximum Gasteiger partial charge on any atom is 0.251 e. The first-order valence-electron chi connectivity index (χ1n) is 10.3. The number of methoxy groups -OCH3 is 1. The van der Waals surface area contributed by atoms with Crippen LogP contribution >= 0.6 is 0 Å². The first kappa shape index (κ1) is 22.8. The molecule has 3 N–H and O–H groups in total. The number of hydrogen-bond donors (Lipinski definition) is 3. The Balaban J connectivity index is 1.53. The summed E-state index contributed by atoms with van der Waals surface area (Å²) in [5, 5.41) is 8.67. The lowest BCUT2D eigenvalue weighted by molar-refractivity contribution is -0.114. The summed E-state index contributed by atoms with van der Waals surface area (Å²) in [5.74, 6) is 0.208. The Bertz CT molecular complexity index is 1020. The Kier molecular flexibility index (Phi) is 8.65. The molecule has 0 saturated carbocycles. The number of anilines is 2. The van der Waals surface area contributed by atoms with Crippen molar-refractivity contribution in [2.24, 2.45) is 0 Å². The van der Waals surface area contributed by atoms with Gasteiger partial charge >= 0.3 is 0 Å². The molecule has 0 aromatic heterocycles. The first-order chi connectivity index (χ1) is 15.7. The molecule has 0 aliphatic carbocycles. The monoisotopic (exact) mass is 433 g/mol. The average Bonchev–Trinajstić information content (AvgIpc) is 2.83. The van der Waals surface area contributed by atoms with E-state index in [0.717, 1.165) is 11.3 Å². The standard InChI is InChI=1S/C25H27N3O4/c1-31-15-14-26-25(30)20-10-7-11-21(16-20)28-24(29)17-27-22-12-5-6-13-23(22)32-18-19-8-3-2-4-9-19/h2-13,16,27H,14-15,17-18H2,1H3,(H,26,30)(H,28,29). The zero-order valence-corrected chi connectivity index (χ0v) is 18.0. The van der Waals surface area contributed by atoms with E-state index < -0.39 is 0 Å². The molecule has 0 saturated heterocycles. The topological polar surface area (TPSA) is 88.7 Å². The van der Waals surface area contributed by atoms with Gasteiger partial charge in [0.25, 0.3) is 5.91 Å². The van der Waals surface area contributed by atoms with Gasteiger partial charge < -0.3 is 25.4 Å². The van der Waals surface area contributed by atoms with E-state index in [1.54, 1.807) is 31.4 Å². The van der Waals surface area contributed by atoms with Crippen LogP contribution in [0.2, 0.25) is 0 Å². The molecular weight excluding hydrogens is 406 g/mol. The Labute approximate surface area is 187 Å². The molecule has 0 atom stereocenters. The van der Waals surface area contributed by atoms with Gasteiger partial charge in [-0.3, -0.25) is 9.59 Å². The van der Waals surface area contributed by atoms with Gasteiger partial charge in [-0.2, -0.15) is 0 Å². The van der Waals surface area contributed by atoms with Crippen molar-refractivity contribution in [2.75, 3.05) is 37.4 Å². The highest BCUT2D eigenvalue weighted by Crippen LogP contribution is 2.24. The van der Waals surface area contributed by atoms with Gasteiger partial charge in [0.2, 0.25) is 5.91 Å². The molecular formula is C25H27N3O4. The number of ether oxygens (including phenoxy) is 2. The molecule has 0 radical (unpaired) electrons. The van der Waals surface area contributed by atoms with Gasteiger partial charge in [0.05, 0.1) is 18.8 Å². The maximum absolute atomic E-state index is 12.4. The lowest BCUT2D eigenvalue weighted by Gasteiger charge is -2.13. The summed E-state index contributed by atoms with van der Waals surface area (Å²) in [6, 6.07) is 24.1. The Morgan fingerprint density at radius 3 is 2.50 bits per heavy atom. The lowest BCUT2D eigenvalue weighted by Crippen LogP contribution is -2.27. The second-order valence-electron chi connectivity index (χ2n) is 7.00. The molecule has 0 unspecified atom stereocenters. The quantitative estimate of drug-likeness (QED) is 0.402. The van der Waals surface area contributed by atoms with Crippen molar-refractivity contribution in [3.8, 4) is 5.75 Å². The molecule has 7 heteroatoms. The highest BCUT2D eigenvalue weighted by Gasteiger charge is 2.09. The molecule has 166 valence electrons. The van der Waals surface area contributed by atoms with Crippen molar-refractivity contribution < 1.29 is 19.1 Å². The SMILES string of the molecule is COCCNC(=O)c1cccc(NC(=O)CNc2ccccc2OCc2ccccc2)c1. The Morgan fingerprint density at radius 2 is 1.69 bits per heavy atom. The van der Waals surface area contributed by atoms with E-state index >= 15 is 0 Å². The Morgan fingerprint density at radius 1 is 0.906 bits per heavy atom. The van der Waals surface area contributed by atoms with Crippen LogP contribution in [0.1, 0.15) is 15.9 Å². The van der Waals surface area contributed by atoms with Crippen LogP contribution < -0.4 is 20.7 Å². The van der Waals surface area contributed by atoms with E-state index in [2.05, 4.69) is 16.0 Å². The summed E-state index contributed by atoms with van der Waals surface area (Å²) in [5.41, 5.74) is 2.80. The van der Waals surface area contributed by atoms with E-state index in [-0.39, 0.29) is 18.4 Å². The highest BCUT2D eigenvalue weighted by atomic mass is 16.5. The van der Waals surface area contributed by atoms with Gasteiger partial charge in [0.15, 0.2) is 0 Å². The number of carbonyl (C=O) groups is 2. The molecule has 2 amide bonds. The van der Waals surface area contributed by atoms with Crippen molar-refractivity contribution >= 4 is 23.2 Å². The third-order valence-electron chi connectivity index (χ3n) is 4.56. The molecule has 32 heavy (non-hydrogen) atoms.